The first-order chi connectivity index (χ1) is 10.7. The summed E-state index contributed by atoms with van der Waals surface area (Å²) in [7, 11) is 1.44. The fourth-order valence-corrected chi connectivity index (χ4v) is 2.73. The van der Waals surface area contributed by atoms with Crippen LogP contribution in [0.5, 0.6) is 0 Å². The Hall–Kier alpha value is -0.600. The Morgan fingerprint density at radius 1 is 0.818 bits per heavy atom. The minimum Gasteiger partial charge on any atom is -0.469 e. The van der Waals surface area contributed by atoms with Crippen molar-refractivity contribution in [3.8, 4) is 0 Å². The van der Waals surface area contributed by atoms with Gasteiger partial charge >= 0.3 is 5.97 Å². The molecule has 0 aromatic carbocycles. The summed E-state index contributed by atoms with van der Waals surface area (Å²) in [5.41, 5.74) is 0. The first kappa shape index (κ1) is 21.4. The number of unbranched alkanes of at least 4 members (excludes halogenated alkanes) is 10. The van der Waals surface area contributed by atoms with E-state index in [-0.39, 0.29) is 5.97 Å². The topological polar surface area (TPSA) is 26.3 Å². The van der Waals surface area contributed by atoms with Crippen molar-refractivity contribution in [1.82, 2.24) is 0 Å². The van der Waals surface area contributed by atoms with Crippen molar-refractivity contribution in [1.29, 1.82) is 0 Å². The molecule has 0 aliphatic carbocycles. The molecule has 0 saturated carbocycles. The minimum absolute atomic E-state index is 0.101. The lowest BCUT2D eigenvalue weighted by molar-refractivity contribution is -0.140. The van der Waals surface area contributed by atoms with Gasteiger partial charge < -0.3 is 4.74 Å². The van der Waals surface area contributed by atoms with E-state index in [0.29, 0.717) is 6.42 Å². The van der Waals surface area contributed by atoms with Crippen LogP contribution in [0.1, 0.15) is 103 Å². The van der Waals surface area contributed by atoms with Crippen LogP contribution >= 0.6 is 0 Å². The molecule has 0 aromatic heterocycles. The summed E-state index contributed by atoms with van der Waals surface area (Å²) in [6, 6.07) is 0. The highest BCUT2D eigenvalue weighted by Crippen LogP contribution is 2.16. The number of halogens is 1. The molecule has 0 unspecified atom stereocenters. The van der Waals surface area contributed by atoms with Gasteiger partial charge in [0.2, 0.25) is 0 Å². The second-order valence-electron chi connectivity index (χ2n) is 6.39. The van der Waals surface area contributed by atoms with Crippen LogP contribution in [0.4, 0.5) is 4.39 Å². The normalized spacial score (nSPS) is 12.3. The molecule has 0 amide bonds. The number of rotatable bonds is 16. The zero-order valence-electron chi connectivity index (χ0n) is 14.9. The molecule has 0 N–H and O–H groups in total. The van der Waals surface area contributed by atoms with E-state index in [1.165, 1.54) is 52.1 Å². The summed E-state index contributed by atoms with van der Waals surface area (Å²) in [6.45, 7) is 2.19. The molecule has 0 bridgehead atoms. The van der Waals surface area contributed by atoms with E-state index in [1.807, 2.05) is 0 Å². The van der Waals surface area contributed by atoms with E-state index < -0.39 is 6.17 Å². The van der Waals surface area contributed by atoms with E-state index in [1.54, 1.807) is 0 Å². The highest BCUT2D eigenvalue weighted by molar-refractivity contribution is 5.68. The molecule has 0 rings (SSSR count). The van der Waals surface area contributed by atoms with Crippen LogP contribution in [0, 0.1) is 0 Å². The van der Waals surface area contributed by atoms with Crippen LogP contribution in [0.2, 0.25) is 0 Å². The number of methoxy groups -OCH3 is 1. The third-order valence-electron chi connectivity index (χ3n) is 4.25. The summed E-state index contributed by atoms with van der Waals surface area (Å²) in [4.78, 5) is 10.9. The number of ether oxygens (including phenoxy) is 1. The maximum atomic E-state index is 13.6. The number of hydrogen-bond acceptors (Lipinski definition) is 2. The van der Waals surface area contributed by atoms with E-state index >= 15 is 0 Å². The summed E-state index contributed by atoms with van der Waals surface area (Å²) in [6.07, 6.45) is 15.3. The molecule has 132 valence electrons. The van der Waals surface area contributed by atoms with Crippen molar-refractivity contribution in [2.75, 3.05) is 7.11 Å². The zero-order chi connectivity index (χ0) is 16.5. The van der Waals surface area contributed by atoms with E-state index in [9.17, 15) is 9.18 Å². The lowest BCUT2D eigenvalue weighted by Crippen LogP contribution is -2.00. The van der Waals surface area contributed by atoms with Crippen LogP contribution in [-0.2, 0) is 9.53 Å². The van der Waals surface area contributed by atoms with Gasteiger partial charge in [-0.15, -0.1) is 0 Å². The fraction of sp³-hybridized carbons (Fsp3) is 0.947. The van der Waals surface area contributed by atoms with Gasteiger partial charge in [-0.1, -0.05) is 77.6 Å². The Morgan fingerprint density at radius 2 is 1.27 bits per heavy atom. The van der Waals surface area contributed by atoms with E-state index in [0.717, 1.165) is 44.9 Å². The van der Waals surface area contributed by atoms with Gasteiger partial charge in [-0.3, -0.25) is 4.79 Å². The molecular weight excluding hydrogens is 279 g/mol. The van der Waals surface area contributed by atoms with Gasteiger partial charge in [-0.25, -0.2) is 4.39 Å². The van der Waals surface area contributed by atoms with Crippen LogP contribution < -0.4 is 0 Å². The van der Waals surface area contributed by atoms with Crippen molar-refractivity contribution in [2.45, 2.75) is 109 Å². The predicted molar refractivity (Wildman–Crippen MR) is 91.8 cm³/mol. The first-order valence-corrected chi connectivity index (χ1v) is 9.41. The van der Waals surface area contributed by atoms with Gasteiger partial charge in [0, 0.05) is 6.42 Å². The van der Waals surface area contributed by atoms with Crippen LogP contribution in [0.25, 0.3) is 0 Å². The average molecular weight is 317 g/mol. The van der Waals surface area contributed by atoms with Gasteiger partial charge in [0.05, 0.1) is 7.11 Å². The molecule has 0 saturated heterocycles. The Bertz CT molecular complexity index is 244. The molecule has 2 nitrogen and oxygen atoms in total. The monoisotopic (exact) mass is 316 g/mol. The van der Waals surface area contributed by atoms with Gasteiger partial charge in [-0.2, -0.15) is 0 Å². The van der Waals surface area contributed by atoms with Crippen LogP contribution in [-0.4, -0.2) is 19.3 Å². The van der Waals surface area contributed by atoms with Gasteiger partial charge in [0.1, 0.15) is 6.17 Å². The van der Waals surface area contributed by atoms with Crippen molar-refractivity contribution >= 4 is 5.97 Å². The number of alkyl halides is 1. The second-order valence-corrected chi connectivity index (χ2v) is 6.39. The van der Waals surface area contributed by atoms with Gasteiger partial charge in [0.25, 0.3) is 0 Å². The summed E-state index contributed by atoms with van der Waals surface area (Å²) in [5.74, 6) is -0.101. The molecule has 0 radical (unpaired) electrons. The average Bonchev–Trinajstić information content (AvgIpc) is 2.53. The molecule has 0 aliphatic rings. The molecule has 3 heteroatoms. The number of carbonyl (C=O) groups is 1. The number of esters is 1. The highest BCUT2D eigenvalue weighted by Gasteiger charge is 2.05. The summed E-state index contributed by atoms with van der Waals surface area (Å²) in [5, 5.41) is 0. The van der Waals surface area contributed by atoms with Crippen molar-refractivity contribution in [3.05, 3.63) is 0 Å². The summed E-state index contributed by atoms with van der Waals surface area (Å²) < 4.78 is 18.2. The van der Waals surface area contributed by atoms with Crippen molar-refractivity contribution in [3.63, 3.8) is 0 Å². The van der Waals surface area contributed by atoms with Crippen LogP contribution in [0.15, 0.2) is 0 Å². The van der Waals surface area contributed by atoms with Gasteiger partial charge in [-0.05, 0) is 19.3 Å². The molecule has 0 fully saturated rings. The zero-order valence-corrected chi connectivity index (χ0v) is 14.9. The molecular formula is C19H37FO2. The number of carbonyl (C=O) groups excluding carboxylic acids is 1. The maximum Gasteiger partial charge on any atom is 0.305 e. The molecule has 0 heterocycles. The fourth-order valence-electron chi connectivity index (χ4n) is 2.73. The Balaban J connectivity index is 3.14. The molecule has 22 heavy (non-hydrogen) atoms. The van der Waals surface area contributed by atoms with Crippen LogP contribution in [0.3, 0.4) is 0 Å². The molecule has 1 atom stereocenters. The minimum atomic E-state index is -0.574. The first-order valence-electron chi connectivity index (χ1n) is 9.41. The Morgan fingerprint density at radius 3 is 1.77 bits per heavy atom. The molecule has 0 aliphatic heterocycles. The standard InChI is InChI=1S/C19H37FO2/c1-3-4-5-12-15-18(20)16-13-10-8-6-7-9-11-14-17-19(21)22-2/h18H,3-17H2,1-2H3/t18-/m0/s1. The second kappa shape index (κ2) is 16.8. The van der Waals surface area contributed by atoms with Crippen molar-refractivity contribution in [2.24, 2.45) is 0 Å². The van der Waals surface area contributed by atoms with Crippen molar-refractivity contribution < 1.29 is 13.9 Å². The largest absolute Gasteiger partial charge is 0.469 e. The quantitative estimate of drug-likeness (QED) is 0.244. The SMILES string of the molecule is CCCCCC[C@H](F)CCCCCCCCCCC(=O)OC. The lowest BCUT2D eigenvalue weighted by atomic mass is 10.0. The highest BCUT2D eigenvalue weighted by atomic mass is 19.1. The van der Waals surface area contributed by atoms with E-state index in [2.05, 4.69) is 11.7 Å². The maximum absolute atomic E-state index is 13.6. The molecule has 0 aromatic rings. The van der Waals surface area contributed by atoms with Gasteiger partial charge in [0.15, 0.2) is 0 Å². The van der Waals surface area contributed by atoms with E-state index in [4.69, 9.17) is 0 Å². The number of hydrogen-bond donors (Lipinski definition) is 0. The molecule has 0 spiro atoms. The predicted octanol–water partition coefficient (Wildman–Crippen LogP) is 6.37. The lowest BCUT2D eigenvalue weighted by Gasteiger charge is -2.07. The third-order valence-corrected chi connectivity index (χ3v) is 4.25. The third kappa shape index (κ3) is 15.8. The smallest absolute Gasteiger partial charge is 0.305 e. The Kier molecular flexibility index (Phi) is 16.3. The summed E-state index contributed by atoms with van der Waals surface area (Å²) >= 11 is 0. The Labute approximate surface area is 137 Å².